The van der Waals surface area contributed by atoms with Gasteiger partial charge in [0, 0.05) is 5.56 Å². The molecule has 3 unspecified atom stereocenters. The van der Waals surface area contributed by atoms with E-state index in [1.165, 1.54) is 26.0 Å². The average Bonchev–Trinajstić information content (AvgIpc) is 2.35. The number of carboxylic acids is 1. The molecule has 0 bridgehead atoms. The summed E-state index contributed by atoms with van der Waals surface area (Å²) in [6, 6.07) is 4.89. The van der Waals surface area contributed by atoms with Crippen molar-refractivity contribution in [2.45, 2.75) is 38.6 Å². The van der Waals surface area contributed by atoms with Gasteiger partial charge in [-0.2, -0.15) is 0 Å². The summed E-state index contributed by atoms with van der Waals surface area (Å²) >= 11 is 0. The highest BCUT2D eigenvalue weighted by molar-refractivity contribution is 5.74. The Labute approximate surface area is 109 Å². The van der Waals surface area contributed by atoms with Crippen molar-refractivity contribution in [2.75, 3.05) is 0 Å². The van der Waals surface area contributed by atoms with Crippen molar-refractivity contribution in [3.63, 3.8) is 0 Å². The molecule has 1 aromatic rings. The molecule has 4 nitrogen and oxygen atoms in total. The lowest BCUT2D eigenvalue weighted by atomic mass is 10.1. The van der Waals surface area contributed by atoms with Crippen molar-refractivity contribution in [1.82, 2.24) is 0 Å². The third-order valence-corrected chi connectivity index (χ3v) is 2.75. The summed E-state index contributed by atoms with van der Waals surface area (Å²) in [5, 5.41) is 18.4. The molecular formula is C13H16F2O4. The number of hydrogen-bond acceptors (Lipinski definition) is 3. The molecule has 106 valence electrons. The first kappa shape index (κ1) is 15.5. The molecule has 2 N–H and O–H groups in total. The lowest BCUT2D eigenvalue weighted by molar-refractivity contribution is -0.158. The van der Waals surface area contributed by atoms with E-state index in [-0.39, 0.29) is 11.1 Å². The minimum Gasteiger partial charge on any atom is -0.479 e. The predicted octanol–water partition coefficient (Wildman–Crippen LogP) is 2.54. The van der Waals surface area contributed by atoms with Gasteiger partial charge >= 0.3 is 5.97 Å². The summed E-state index contributed by atoms with van der Waals surface area (Å²) in [5.74, 6) is -1.24. The molecule has 0 fully saturated rings. The topological polar surface area (TPSA) is 66.8 Å². The van der Waals surface area contributed by atoms with Crippen LogP contribution in [0.25, 0.3) is 0 Å². The largest absolute Gasteiger partial charge is 0.479 e. The van der Waals surface area contributed by atoms with Crippen LogP contribution in [0.5, 0.6) is 0 Å². The van der Waals surface area contributed by atoms with Gasteiger partial charge in [-0.25, -0.2) is 13.6 Å². The van der Waals surface area contributed by atoms with E-state index in [4.69, 9.17) is 9.84 Å². The van der Waals surface area contributed by atoms with Crippen LogP contribution in [0, 0.1) is 0 Å². The monoisotopic (exact) mass is 274 g/mol. The third-order valence-electron chi connectivity index (χ3n) is 2.75. The van der Waals surface area contributed by atoms with Gasteiger partial charge in [0.1, 0.15) is 0 Å². The number of halogens is 2. The number of aliphatic carboxylic acids is 1. The Hall–Kier alpha value is -1.53. The second kappa shape index (κ2) is 6.58. The molecule has 19 heavy (non-hydrogen) atoms. The zero-order valence-electron chi connectivity index (χ0n) is 10.6. The summed E-state index contributed by atoms with van der Waals surface area (Å²) < 4.78 is 30.0. The molecule has 0 spiro atoms. The van der Waals surface area contributed by atoms with Crippen LogP contribution in [0.4, 0.5) is 8.78 Å². The fourth-order valence-electron chi connectivity index (χ4n) is 1.42. The van der Waals surface area contributed by atoms with Crippen molar-refractivity contribution in [3.05, 3.63) is 35.4 Å². The van der Waals surface area contributed by atoms with E-state index >= 15 is 0 Å². The Bertz CT molecular complexity index is 417. The summed E-state index contributed by atoms with van der Waals surface area (Å²) in [6.07, 6.45) is -5.41. The molecule has 1 aromatic carbocycles. The normalized spacial score (nSPS) is 16.1. The van der Waals surface area contributed by atoms with Crippen LogP contribution >= 0.6 is 0 Å². The van der Waals surface area contributed by atoms with Gasteiger partial charge in [0.25, 0.3) is 6.43 Å². The summed E-state index contributed by atoms with van der Waals surface area (Å²) in [4.78, 5) is 11.1. The van der Waals surface area contributed by atoms with E-state index in [0.29, 0.717) is 0 Å². The van der Waals surface area contributed by atoms with E-state index in [9.17, 15) is 18.7 Å². The van der Waals surface area contributed by atoms with Crippen molar-refractivity contribution < 1.29 is 28.5 Å². The van der Waals surface area contributed by atoms with E-state index in [1.807, 2.05) is 0 Å². The van der Waals surface area contributed by atoms with Crippen LogP contribution in [-0.2, 0) is 9.53 Å². The maximum atomic E-state index is 12.4. The minimum absolute atomic E-state index is 0.184. The highest BCUT2D eigenvalue weighted by Crippen LogP contribution is 2.24. The number of alkyl halides is 2. The zero-order chi connectivity index (χ0) is 14.6. The highest BCUT2D eigenvalue weighted by Gasteiger charge is 2.25. The smallest absolute Gasteiger partial charge is 0.337 e. The van der Waals surface area contributed by atoms with Crippen molar-refractivity contribution >= 4 is 5.97 Å². The molecule has 0 aromatic heterocycles. The number of benzene rings is 1. The number of rotatable bonds is 6. The van der Waals surface area contributed by atoms with Crippen LogP contribution in [-0.4, -0.2) is 28.4 Å². The van der Waals surface area contributed by atoms with Gasteiger partial charge in [-0.05, 0) is 19.4 Å². The van der Waals surface area contributed by atoms with E-state index in [2.05, 4.69) is 0 Å². The standard InChI is InChI=1S/C13H16F2O4/c1-7(16)8(2)19-11(13(17)18)9-3-5-10(6-4-9)12(14)15/h3-8,11-12,16H,1-2H3,(H,17,18). The SMILES string of the molecule is CC(O)C(C)OC(C(=O)O)c1ccc(C(F)F)cc1. The van der Waals surface area contributed by atoms with Crippen LogP contribution in [0.3, 0.4) is 0 Å². The quantitative estimate of drug-likeness (QED) is 0.836. The number of ether oxygens (including phenoxy) is 1. The van der Waals surface area contributed by atoms with Crippen LogP contribution in [0.15, 0.2) is 24.3 Å². The number of carbonyl (C=O) groups is 1. The summed E-state index contributed by atoms with van der Waals surface area (Å²) in [7, 11) is 0. The number of aliphatic hydroxyl groups excluding tert-OH is 1. The lowest BCUT2D eigenvalue weighted by Gasteiger charge is -2.21. The zero-order valence-corrected chi connectivity index (χ0v) is 10.6. The van der Waals surface area contributed by atoms with Gasteiger partial charge in [0.05, 0.1) is 12.2 Å². The fraction of sp³-hybridized carbons (Fsp3) is 0.462. The van der Waals surface area contributed by atoms with Crippen molar-refractivity contribution in [3.8, 4) is 0 Å². The summed E-state index contributed by atoms with van der Waals surface area (Å²) in [6.45, 7) is 3.01. The molecule has 0 saturated heterocycles. The Morgan fingerprint density at radius 3 is 2.00 bits per heavy atom. The van der Waals surface area contributed by atoms with E-state index < -0.39 is 30.7 Å². The molecule has 0 heterocycles. The first-order valence-electron chi connectivity index (χ1n) is 5.77. The van der Waals surface area contributed by atoms with Crippen LogP contribution in [0.2, 0.25) is 0 Å². The maximum absolute atomic E-state index is 12.4. The number of carboxylic acid groups (broad SMARTS) is 1. The average molecular weight is 274 g/mol. The second-order valence-electron chi connectivity index (χ2n) is 4.27. The van der Waals surface area contributed by atoms with Gasteiger partial charge < -0.3 is 14.9 Å². The van der Waals surface area contributed by atoms with Gasteiger partial charge in [0.15, 0.2) is 6.10 Å². The van der Waals surface area contributed by atoms with Crippen molar-refractivity contribution in [2.24, 2.45) is 0 Å². The molecule has 1 rings (SSSR count). The molecule has 6 heteroatoms. The van der Waals surface area contributed by atoms with Gasteiger partial charge in [-0.15, -0.1) is 0 Å². The number of hydrogen-bond donors (Lipinski definition) is 2. The fourth-order valence-corrected chi connectivity index (χ4v) is 1.42. The van der Waals surface area contributed by atoms with E-state index in [0.717, 1.165) is 12.1 Å². The first-order valence-corrected chi connectivity index (χ1v) is 5.77. The lowest BCUT2D eigenvalue weighted by Crippen LogP contribution is -2.28. The maximum Gasteiger partial charge on any atom is 0.337 e. The van der Waals surface area contributed by atoms with Crippen molar-refractivity contribution in [1.29, 1.82) is 0 Å². The predicted molar refractivity (Wildman–Crippen MR) is 64.0 cm³/mol. The molecule has 0 aliphatic rings. The van der Waals surface area contributed by atoms with Gasteiger partial charge in [0.2, 0.25) is 0 Å². The van der Waals surface area contributed by atoms with Gasteiger partial charge in [-0.3, -0.25) is 0 Å². The Morgan fingerprint density at radius 1 is 1.16 bits per heavy atom. The molecule has 3 atom stereocenters. The summed E-state index contributed by atoms with van der Waals surface area (Å²) in [5.41, 5.74) is 0.0702. The Morgan fingerprint density at radius 2 is 1.63 bits per heavy atom. The van der Waals surface area contributed by atoms with E-state index in [1.54, 1.807) is 0 Å². The van der Waals surface area contributed by atoms with Crippen LogP contribution < -0.4 is 0 Å². The molecule has 0 aliphatic heterocycles. The second-order valence-corrected chi connectivity index (χ2v) is 4.27. The Balaban J connectivity index is 2.90. The van der Waals surface area contributed by atoms with Crippen LogP contribution in [0.1, 0.15) is 37.5 Å². The first-order chi connectivity index (χ1) is 8.82. The molecule has 0 amide bonds. The highest BCUT2D eigenvalue weighted by atomic mass is 19.3. The molecule has 0 radical (unpaired) electrons. The molecule has 0 aliphatic carbocycles. The van der Waals surface area contributed by atoms with Gasteiger partial charge in [-0.1, -0.05) is 24.3 Å². The third kappa shape index (κ3) is 4.25. The Kier molecular flexibility index (Phi) is 5.38. The number of aliphatic hydroxyl groups is 1. The minimum atomic E-state index is -2.60. The molecule has 0 saturated carbocycles. The molecular weight excluding hydrogens is 258 g/mol.